The first-order valence-corrected chi connectivity index (χ1v) is 12.2. The van der Waals surface area contributed by atoms with Crippen LogP contribution in [0.15, 0.2) is 29.2 Å². The van der Waals surface area contributed by atoms with Crippen LogP contribution < -0.4 is 0 Å². The summed E-state index contributed by atoms with van der Waals surface area (Å²) in [6.07, 6.45) is 3.26. The fourth-order valence-electron chi connectivity index (χ4n) is 4.50. The molecule has 2 aromatic rings. The van der Waals surface area contributed by atoms with E-state index in [2.05, 4.69) is 5.10 Å². The number of carbonyl (C=O) groups is 1. The van der Waals surface area contributed by atoms with Gasteiger partial charge in [-0.15, -0.1) is 0 Å². The Morgan fingerprint density at radius 2 is 1.63 bits per heavy atom. The van der Waals surface area contributed by atoms with E-state index in [4.69, 9.17) is 11.6 Å². The van der Waals surface area contributed by atoms with Gasteiger partial charge in [-0.3, -0.25) is 4.79 Å². The molecule has 0 saturated carbocycles. The average Bonchev–Trinajstić information content (AvgIpc) is 3.36. The lowest BCUT2D eigenvalue weighted by Crippen LogP contribution is -2.43. The summed E-state index contributed by atoms with van der Waals surface area (Å²) in [6, 6.07) is 7.13. The third kappa shape index (κ3) is 3.88. The maximum Gasteiger partial charge on any atom is 0.246 e. The summed E-state index contributed by atoms with van der Waals surface area (Å²) >= 11 is 5.97. The molecule has 2 fully saturated rings. The number of amides is 1. The number of nitrogens with zero attached hydrogens (tertiary/aromatic N) is 4. The Morgan fingerprint density at radius 1 is 1.03 bits per heavy atom. The number of sulfonamides is 1. The van der Waals surface area contributed by atoms with Gasteiger partial charge in [0.1, 0.15) is 4.90 Å². The van der Waals surface area contributed by atoms with Gasteiger partial charge in [-0.25, -0.2) is 13.1 Å². The number of aryl methyl sites for hydroxylation is 1. The second kappa shape index (κ2) is 8.32. The van der Waals surface area contributed by atoms with Crippen LogP contribution >= 0.6 is 11.6 Å². The largest absolute Gasteiger partial charge is 0.342 e. The zero-order valence-electron chi connectivity index (χ0n) is 17.3. The van der Waals surface area contributed by atoms with E-state index in [9.17, 15) is 13.2 Å². The normalized spacial score (nSPS) is 18.8. The molecule has 0 radical (unpaired) electrons. The lowest BCUT2D eigenvalue weighted by Gasteiger charge is -2.32. The molecule has 4 rings (SSSR count). The van der Waals surface area contributed by atoms with Gasteiger partial charge in [0.2, 0.25) is 15.9 Å². The number of halogens is 1. The zero-order chi connectivity index (χ0) is 21.5. The summed E-state index contributed by atoms with van der Waals surface area (Å²) in [5.41, 5.74) is 1.80. The van der Waals surface area contributed by atoms with Gasteiger partial charge >= 0.3 is 0 Å². The molecule has 0 N–H and O–H groups in total. The van der Waals surface area contributed by atoms with Gasteiger partial charge in [0.15, 0.2) is 0 Å². The Hall–Kier alpha value is -1.90. The minimum Gasteiger partial charge on any atom is -0.342 e. The van der Waals surface area contributed by atoms with Crippen LogP contribution in [0.3, 0.4) is 0 Å². The van der Waals surface area contributed by atoms with Crippen molar-refractivity contribution in [2.75, 3.05) is 26.2 Å². The second-order valence-corrected chi connectivity index (χ2v) is 10.4. The molecule has 30 heavy (non-hydrogen) atoms. The number of carbonyl (C=O) groups excluding carboxylic acids is 1. The van der Waals surface area contributed by atoms with Gasteiger partial charge in [0.05, 0.1) is 17.1 Å². The Kier molecular flexibility index (Phi) is 5.92. The molecule has 0 aliphatic carbocycles. The molecular formula is C21H27ClN4O3S. The van der Waals surface area contributed by atoms with Gasteiger partial charge in [-0.05, 0) is 63.8 Å². The second-order valence-electron chi connectivity index (χ2n) is 8.10. The quantitative estimate of drug-likeness (QED) is 0.717. The monoisotopic (exact) mass is 450 g/mol. The highest BCUT2D eigenvalue weighted by Crippen LogP contribution is 2.30. The maximum atomic E-state index is 13.4. The van der Waals surface area contributed by atoms with E-state index in [1.54, 1.807) is 30.7 Å². The van der Waals surface area contributed by atoms with Crippen molar-refractivity contribution in [2.24, 2.45) is 5.92 Å². The van der Waals surface area contributed by atoms with Crippen LogP contribution in [0.1, 0.15) is 37.1 Å². The molecule has 2 aliphatic rings. The van der Waals surface area contributed by atoms with Crippen molar-refractivity contribution in [3.63, 3.8) is 0 Å². The van der Waals surface area contributed by atoms with Crippen LogP contribution in [0.5, 0.6) is 0 Å². The van der Waals surface area contributed by atoms with Gasteiger partial charge in [-0.1, -0.05) is 11.6 Å². The van der Waals surface area contributed by atoms with E-state index in [0.29, 0.717) is 42.3 Å². The third-order valence-electron chi connectivity index (χ3n) is 6.11. The molecular weight excluding hydrogens is 424 g/mol. The van der Waals surface area contributed by atoms with Gasteiger partial charge < -0.3 is 4.90 Å². The van der Waals surface area contributed by atoms with E-state index in [0.717, 1.165) is 31.6 Å². The first-order valence-electron chi connectivity index (χ1n) is 10.4. The summed E-state index contributed by atoms with van der Waals surface area (Å²) in [5.74, 6) is 0.112. The maximum absolute atomic E-state index is 13.4. The van der Waals surface area contributed by atoms with E-state index >= 15 is 0 Å². The van der Waals surface area contributed by atoms with Gasteiger partial charge in [0.25, 0.3) is 0 Å². The van der Waals surface area contributed by atoms with Crippen LogP contribution in [-0.4, -0.2) is 59.5 Å². The highest BCUT2D eigenvalue weighted by atomic mass is 35.5. The molecule has 2 saturated heterocycles. The van der Waals surface area contributed by atoms with Crippen LogP contribution in [0.2, 0.25) is 5.02 Å². The lowest BCUT2D eigenvalue weighted by atomic mass is 9.97. The number of piperidine rings is 1. The Labute approximate surface area is 182 Å². The summed E-state index contributed by atoms with van der Waals surface area (Å²) in [7, 11) is -3.69. The molecule has 0 spiro atoms. The van der Waals surface area contributed by atoms with Crippen LogP contribution in [-0.2, 0) is 14.8 Å². The van der Waals surface area contributed by atoms with Gasteiger partial charge in [-0.2, -0.15) is 9.40 Å². The van der Waals surface area contributed by atoms with Crippen molar-refractivity contribution in [1.82, 2.24) is 19.0 Å². The number of rotatable bonds is 4. The molecule has 3 heterocycles. The van der Waals surface area contributed by atoms with E-state index in [-0.39, 0.29) is 16.7 Å². The topological polar surface area (TPSA) is 75.5 Å². The van der Waals surface area contributed by atoms with E-state index in [1.165, 1.54) is 4.31 Å². The van der Waals surface area contributed by atoms with Crippen LogP contribution in [0.25, 0.3) is 5.69 Å². The Balaban J connectivity index is 1.53. The van der Waals surface area contributed by atoms with Crippen LogP contribution in [0.4, 0.5) is 0 Å². The molecule has 0 unspecified atom stereocenters. The third-order valence-corrected chi connectivity index (χ3v) is 8.52. The van der Waals surface area contributed by atoms with E-state index < -0.39 is 10.0 Å². The van der Waals surface area contributed by atoms with Gasteiger partial charge in [0, 0.05) is 37.1 Å². The molecule has 0 atom stereocenters. The molecule has 0 bridgehead atoms. The molecule has 1 aromatic heterocycles. The Morgan fingerprint density at radius 3 is 2.23 bits per heavy atom. The van der Waals surface area contributed by atoms with Crippen molar-refractivity contribution in [1.29, 1.82) is 0 Å². The minimum atomic E-state index is -3.69. The van der Waals surface area contributed by atoms with Crippen molar-refractivity contribution in [3.05, 3.63) is 40.7 Å². The number of benzene rings is 1. The van der Waals surface area contributed by atoms with Crippen LogP contribution in [0, 0.1) is 19.8 Å². The average molecular weight is 451 g/mol. The highest BCUT2D eigenvalue weighted by Gasteiger charge is 2.36. The summed E-state index contributed by atoms with van der Waals surface area (Å²) in [6.45, 7) is 5.87. The SMILES string of the molecule is Cc1nn(-c2ccc(Cl)cc2)c(C)c1S(=O)(=O)N1CCC(C(=O)N2CCCC2)CC1. The Bertz CT molecular complexity index is 1030. The molecule has 162 valence electrons. The lowest BCUT2D eigenvalue weighted by molar-refractivity contribution is -0.135. The van der Waals surface area contributed by atoms with E-state index in [1.807, 2.05) is 17.0 Å². The first kappa shape index (κ1) is 21.3. The summed E-state index contributed by atoms with van der Waals surface area (Å²) in [4.78, 5) is 14.8. The van der Waals surface area contributed by atoms with Crippen molar-refractivity contribution < 1.29 is 13.2 Å². The molecule has 1 amide bonds. The predicted octanol–water partition coefficient (Wildman–Crippen LogP) is 3.17. The standard InChI is InChI=1S/C21H27ClN4O3S/c1-15-20(16(2)26(23-15)19-7-5-18(22)6-8-19)30(28,29)25-13-9-17(10-14-25)21(27)24-11-3-4-12-24/h5-8,17H,3-4,9-14H2,1-2H3. The molecule has 9 heteroatoms. The minimum absolute atomic E-state index is 0.0754. The number of hydrogen-bond acceptors (Lipinski definition) is 4. The fourth-order valence-corrected chi connectivity index (χ4v) is 6.45. The van der Waals surface area contributed by atoms with Crippen molar-refractivity contribution in [3.8, 4) is 5.69 Å². The predicted molar refractivity (Wildman–Crippen MR) is 115 cm³/mol. The number of likely N-dealkylation sites (tertiary alicyclic amines) is 1. The van der Waals surface area contributed by atoms with Crippen molar-refractivity contribution >= 4 is 27.5 Å². The van der Waals surface area contributed by atoms with Crippen molar-refractivity contribution in [2.45, 2.75) is 44.4 Å². The zero-order valence-corrected chi connectivity index (χ0v) is 18.9. The number of aromatic nitrogens is 2. The molecule has 7 nitrogen and oxygen atoms in total. The summed E-state index contributed by atoms with van der Waals surface area (Å²) < 4.78 is 30.0. The highest BCUT2D eigenvalue weighted by molar-refractivity contribution is 7.89. The fraction of sp³-hybridized carbons (Fsp3) is 0.524. The number of hydrogen-bond donors (Lipinski definition) is 0. The smallest absolute Gasteiger partial charge is 0.246 e. The molecule has 1 aromatic carbocycles. The molecule has 2 aliphatic heterocycles. The summed E-state index contributed by atoms with van der Waals surface area (Å²) in [5, 5.41) is 5.08. The first-order chi connectivity index (χ1) is 14.3.